The van der Waals surface area contributed by atoms with Gasteiger partial charge in [0, 0.05) is 6.42 Å². The number of para-hydroxylation sites is 1. The van der Waals surface area contributed by atoms with Crippen LogP contribution in [0.15, 0.2) is 30.3 Å². The van der Waals surface area contributed by atoms with Crippen LogP contribution < -0.4 is 10.1 Å². The summed E-state index contributed by atoms with van der Waals surface area (Å²) in [5, 5.41) is 11.2. The van der Waals surface area contributed by atoms with Gasteiger partial charge in [0.05, 0.1) is 13.0 Å². The third kappa shape index (κ3) is 5.59. The Hall–Kier alpha value is -2.48. The first-order chi connectivity index (χ1) is 9.13. The van der Waals surface area contributed by atoms with Crippen LogP contribution in [0.5, 0.6) is 5.75 Å². The van der Waals surface area contributed by atoms with Crippen molar-refractivity contribution in [3.8, 4) is 18.1 Å². The van der Waals surface area contributed by atoms with E-state index in [1.54, 1.807) is 12.1 Å². The van der Waals surface area contributed by atoms with Gasteiger partial charge in [-0.15, -0.1) is 12.3 Å². The average Bonchev–Trinajstić information content (AvgIpc) is 2.39. The quantitative estimate of drug-likeness (QED) is 0.719. The molecule has 1 atom stereocenters. The van der Waals surface area contributed by atoms with Gasteiger partial charge in [0.1, 0.15) is 11.8 Å². The van der Waals surface area contributed by atoms with Crippen molar-refractivity contribution in [1.29, 1.82) is 0 Å². The fourth-order valence-corrected chi connectivity index (χ4v) is 1.36. The highest BCUT2D eigenvalue weighted by Crippen LogP contribution is 2.08. The van der Waals surface area contributed by atoms with Gasteiger partial charge in [0.25, 0.3) is 0 Å². The van der Waals surface area contributed by atoms with Crippen molar-refractivity contribution >= 4 is 11.9 Å². The van der Waals surface area contributed by atoms with E-state index in [9.17, 15) is 9.59 Å². The predicted molar refractivity (Wildman–Crippen MR) is 69.6 cm³/mol. The Kier molecular flexibility index (Phi) is 5.96. The molecule has 19 heavy (non-hydrogen) atoms. The molecule has 0 aliphatic carbocycles. The van der Waals surface area contributed by atoms with Gasteiger partial charge in [-0.3, -0.25) is 4.79 Å². The number of terminal acetylenes is 1. The number of hydrogen-bond acceptors (Lipinski definition) is 3. The van der Waals surface area contributed by atoms with Crippen molar-refractivity contribution < 1.29 is 19.4 Å². The van der Waals surface area contributed by atoms with Crippen molar-refractivity contribution in [3.63, 3.8) is 0 Å². The van der Waals surface area contributed by atoms with Crippen molar-refractivity contribution in [3.05, 3.63) is 30.3 Å². The molecule has 1 amide bonds. The van der Waals surface area contributed by atoms with E-state index in [4.69, 9.17) is 16.3 Å². The zero-order valence-corrected chi connectivity index (χ0v) is 10.3. The summed E-state index contributed by atoms with van der Waals surface area (Å²) < 4.78 is 5.33. The molecule has 2 N–H and O–H groups in total. The van der Waals surface area contributed by atoms with Crippen LogP contribution in [-0.4, -0.2) is 29.6 Å². The second-order valence-electron chi connectivity index (χ2n) is 3.78. The van der Waals surface area contributed by atoms with Crippen molar-refractivity contribution in [1.82, 2.24) is 5.32 Å². The molecule has 0 spiro atoms. The van der Waals surface area contributed by atoms with Crippen LogP contribution in [-0.2, 0) is 9.59 Å². The van der Waals surface area contributed by atoms with Crippen molar-refractivity contribution in [2.75, 3.05) is 6.61 Å². The molecule has 0 aliphatic heterocycles. The molecule has 1 aromatic rings. The molecule has 0 aromatic heterocycles. The number of ether oxygens (including phenoxy) is 1. The summed E-state index contributed by atoms with van der Waals surface area (Å²) in [5.74, 6) is 1.32. The topological polar surface area (TPSA) is 75.6 Å². The molecule has 0 saturated carbocycles. The Morgan fingerprint density at radius 3 is 2.63 bits per heavy atom. The SMILES string of the molecule is C#CCC(NC(=O)CCOc1ccccc1)C(=O)O. The van der Waals surface area contributed by atoms with Gasteiger partial charge in [0.15, 0.2) is 0 Å². The Morgan fingerprint density at radius 1 is 1.37 bits per heavy atom. The van der Waals surface area contributed by atoms with Crippen LogP contribution in [0, 0.1) is 12.3 Å². The molecule has 100 valence electrons. The first kappa shape index (κ1) is 14.6. The van der Waals surface area contributed by atoms with E-state index < -0.39 is 17.9 Å². The van der Waals surface area contributed by atoms with E-state index in [0.29, 0.717) is 5.75 Å². The van der Waals surface area contributed by atoms with E-state index in [1.165, 1.54) is 0 Å². The van der Waals surface area contributed by atoms with Gasteiger partial charge in [0.2, 0.25) is 5.91 Å². The fourth-order valence-electron chi connectivity index (χ4n) is 1.36. The number of aliphatic carboxylic acids is 1. The van der Waals surface area contributed by atoms with E-state index in [1.807, 2.05) is 18.2 Å². The Balaban J connectivity index is 2.31. The lowest BCUT2D eigenvalue weighted by Crippen LogP contribution is -2.40. The van der Waals surface area contributed by atoms with Gasteiger partial charge in [-0.25, -0.2) is 4.79 Å². The lowest BCUT2D eigenvalue weighted by Gasteiger charge is -2.12. The number of benzene rings is 1. The van der Waals surface area contributed by atoms with Crippen LogP contribution in [0.4, 0.5) is 0 Å². The normalized spacial score (nSPS) is 11.1. The van der Waals surface area contributed by atoms with Crippen molar-refractivity contribution in [2.24, 2.45) is 0 Å². The summed E-state index contributed by atoms with van der Waals surface area (Å²) in [6.45, 7) is 0.179. The van der Waals surface area contributed by atoms with E-state index in [0.717, 1.165) is 0 Å². The number of carbonyl (C=O) groups excluding carboxylic acids is 1. The number of amides is 1. The van der Waals surface area contributed by atoms with Crippen molar-refractivity contribution in [2.45, 2.75) is 18.9 Å². The van der Waals surface area contributed by atoms with Crippen LogP contribution in [0.1, 0.15) is 12.8 Å². The molecule has 1 unspecified atom stereocenters. The number of carboxylic acid groups (broad SMARTS) is 1. The summed E-state index contributed by atoms with van der Waals surface area (Å²) in [5.41, 5.74) is 0. The van der Waals surface area contributed by atoms with Crippen LogP contribution >= 0.6 is 0 Å². The van der Waals surface area contributed by atoms with Gasteiger partial charge in [-0.2, -0.15) is 0 Å². The third-order valence-corrected chi connectivity index (χ3v) is 2.30. The minimum atomic E-state index is -1.14. The second kappa shape index (κ2) is 7.77. The summed E-state index contributed by atoms with van der Waals surface area (Å²) in [7, 11) is 0. The molecule has 5 nitrogen and oxygen atoms in total. The first-order valence-corrected chi connectivity index (χ1v) is 5.77. The van der Waals surface area contributed by atoms with E-state index in [-0.39, 0.29) is 19.4 Å². The summed E-state index contributed by atoms with van der Waals surface area (Å²) in [6, 6.07) is 8.00. The Morgan fingerprint density at radius 2 is 2.05 bits per heavy atom. The van der Waals surface area contributed by atoms with Crippen LogP contribution in [0.3, 0.4) is 0 Å². The summed E-state index contributed by atoms with van der Waals surface area (Å²) in [6.07, 6.45) is 5.06. The molecule has 1 aromatic carbocycles. The van der Waals surface area contributed by atoms with Gasteiger partial charge in [-0.1, -0.05) is 18.2 Å². The molecule has 5 heteroatoms. The summed E-state index contributed by atoms with van der Waals surface area (Å²) >= 11 is 0. The molecule has 1 rings (SSSR count). The lowest BCUT2D eigenvalue weighted by molar-refractivity contribution is -0.141. The third-order valence-electron chi connectivity index (χ3n) is 2.30. The maximum atomic E-state index is 11.5. The lowest BCUT2D eigenvalue weighted by atomic mass is 10.2. The predicted octanol–water partition coefficient (Wildman–Crippen LogP) is 1.05. The zero-order valence-electron chi connectivity index (χ0n) is 10.3. The maximum Gasteiger partial charge on any atom is 0.327 e. The van der Waals surface area contributed by atoms with Gasteiger partial charge < -0.3 is 15.2 Å². The number of carbonyl (C=O) groups is 2. The highest BCUT2D eigenvalue weighted by molar-refractivity contribution is 5.83. The van der Waals surface area contributed by atoms with Crippen LogP contribution in [0.2, 0.25) is 0 Å². The Labute approximate surface area is 111 Å². The maximum absolute atomic E-state index is 11.5. The standard InChI is InChI=1S/C14H15NO4/c1-2-6-12(14(17)18)15-13(16)9-10-19-11-7-4-3-5-8-11/h1,3-5,7-8,12H,6,9-10H2,(H,15,16)(H,17,18). The molecule has 0 radical (unpaired) electrons. The average molecular weight is 261 g/mol. The molecular formula is C14H15NO4. The molecular weight excluding hydrogens is 246 g/mol. The number of nitrogens with one attached hydrogen (secondary N) is 1. The molecule has 0 bridgehead atoms. The van der Waals surface area contributed by atoms with E-state index in [2.05, 4.69) is 11.2 Å². The molecule has 0 heterocycles. The number of carboxylic acids is 1. The van der Waals surface area contributed by atoms with Gasteiger partial charge in [-0.05, 0) is 12.1 Å². The first-order valence-electron chi connectivity index (χ1n) is 5.77. The monoisotopic (exact) mass is 261 g/mol. The summed E-state index contributed by atoms with van der Waals surface area (Å²) in [4.78, 5) is 22.3. The smallest absolute Gasteiger partial charge is 0.327 e. The molecule has 0 aliphatic rings. The highest BCUT2D eigenvalue weighted by Gasteiger charge is 2.18. The fraction of sp³-hybridized carbons (Fsp3) is 0.286. The zero-order chi connectivity index (χ0) is 14.1. The number of rotatable bonds is 7. The Bertz CT molecular complexity index is 464. The molecule has 0 fully saturated rings. The largest absolute Gasteiger partial charge is 0.493 e. The highest BCUT2D eigenvalue weighted by atomic mass is 16.5. The number of hydrogen-bond donors (Lipinski definition) is 2. The minimum absolute atomic E-state index is 0.0411. The molecule has 0 saturated heterocycles. The second-order valence-corrected chi connectivity index (χ2v) is 3.78. The van der Waals surface area contributed by atoms with Crippen LogP contribution in [0.25, 0.3) is 0 Å². The van der Waals surface area contributed by atoms with Gasteiger partial charge >= 0.3 is 5.97 Å². The minimum Gasteiger partial charge on any atom is -0.493 e. The van der Waals surface area contributed by atoms with E-state index >= 15 is 0 Å².